The number of nitrogens with zero attached hydrogens (tertiary/aromatic N) is 1. The normalized spacial score (nSPS) is 30.1. The van der Waals surface area contributed by atoms with Gasteiger partial charge in [0.2, 0.25) is 5.91 Å². The number of aliphatic hydroxyl groups excluding tert-OH is 1. The maximum absolute atomic E-state index is 11.1. The first-order valence-corrected chi connectivity index (χ1v) is 5.85. The highest BCUT2D eigenvalue weighted by molar-refractivity contribution is 6.18. The predicted molar refractivity (Wildman–Crippen MR) is 59.7 cm³/mol. The SMILES string of the molecule is CC1CCC(C(N)=O)CN1CC(O)CCl. The van der Waals surface area contributed by atoms with Crippen LogP contribution in [0.5, 0.6) is 0 Å². The molecule has 0 radical (unpaired) electrons. The van der Waals surface area contributed by atoms with Crippen molar-refractivity contribution in [3.8, 4) is 0 Å². The van der Waals surface area contributed by atoms with E-state index in [0.29, 0.717) is 19.1 Å². The van der Waals surface area contributed by atoms with Crippen LogP contribution >= 0.6 is 11.6 Å². The van der Waals surface area contributed by atoms with E-state index in [1.54, 1.807) is 0 Å². The van der Waals surface area contributed by atoms with Gasteiger partial charge in [-0.2, -0.15) is 0 Å². The molecule has 88 valence electrons. The molecule has 0 aromatic rings. The Bertz CT molecular complexity index is 225. The van der Waals surface area contributed by atoms with Crippen LogP contribution in [0.3, 0.4) is 0 Å². The largest absolute Gasteiger partial charge is 0.391 e. The van der Waals surface area contributed by atoms with Crippen molar-refractivity contribution in [2.45, 2.75) is 31.9 Å². The number of nitrogens with two attached hydrogens (primary N) is 1. The molecular formula is C10H19ClN2O2. The first-order chi connectivity index (χ1) is 7.04. The van der Waals surface area contributed by atoms with E-state index in [9.17, 15) is 9.90 Å². The van der Waals surface area contributed by atoms with Crippen LogP contribution in [0.4, 0.5) is 0 Å². The van der Waals surface area contributed by atoms with E-state index in [4.69, 9.17) is 17.3 Å². The highest BCUT2D eigenvalue weighted by atomic mass is 35.5. The van der Waals surface area contributed by atoms with Gasteiger partial charge in [0.15, 0.2) is 0 Å². The van der Waals surface area contributed by atoms with Gasteiger partial charge < -0.3 is 10.8 Å². The summed E-state index contributed by atoms with van der Waals surface area (Å²) in [5, 5.41) is 9.46. The van der Waals surface area contributed by atoms with E-state index in [-0.39, 0.29) is 17.7 Å². The van der Waals surface area contributed by atoms with Crippen LogP contribution in [0.1, 0.15) is 19.8 Å². The fourth-order valence-corrected chi connectivity index (χ4v) is 2.08. The molecule has 3 N–H and O–H groups in total. The van der Waals surface area contributed by atoms with Gasteiger partial charge in [-0.25, -0.2) is 0 Å². The fourth-order valence-electron chi connectivity index (χ4n) is 1.99. The van der Waals surface area contributed by atoms with Crippen molar-refractivity contribution in [3.63, 3.8) is 0 Å². The van der Waals surface area contributed by atoms with Crippen LogP contribution in [0.25, 0.3) is 0 Å². The van der Waals surface area contributed by atoms with E-state index >= 15 is 0 Å². The molecule has 15 heavy (non-hydrogen) atoms. The molecule has 3 atom stereocenters. The zero-order chi connectivity index (χ0) is 11.4. The molecule has 0 aromatic carbocycles. The van der Waals surface area contributed by atoms with Crippen LogP contribution in [0, 0.1) is 5.92 Å². The number of piperidine rings is 1. The Morgan fingerprint density at radius 2 is 2.33 bits per heavy atom. The van der Waals surface area contributed by atoms with Gasteiger partial charge in [0.25, 0.3) is 0 Å². The quantitative estimate of drug-likeness (QED) is 0.682. The first kappa shape index (κ1) is 12.7. The smallest absolute Gasteiger partial charge is 0.221 e. The minimum absolute atomic E-state index is 0.0799. The standard InChI is InChI=1S/C10H19ClN2O2/c1-7-2-3-8(10(12)15)5-13(7)6-9(14)4-11/h7-9,14H,2-6H2,1H3,(H2,12,15). The molecular weight excluding hydrogens is 216 g/mol. The zero-order valence-corrected chi connectivity index (χ0v) is 9.78. The molecule has 5 heteroatoms. The minimum Gasteiger partial charge on any atom is -0.391 e. The summed E-state index contributed by atoms with van der Waals surface area (Å²) in [7, 11) is 0. The summed E-state index contributed by atoms with van der Waals surface area (Å²) in [6.07, 6.45) is 1.27. The summed E-state index contributed by atoms with van der Waals surface area (Å²) < 4.78 is 0. The molecule has 0 aliphatic carbocycles. The number of β-amino-alcohol motifs (C(OH)–C–C–N with tert-alkyl or cyclic N) is 1. The van der Waals surface area contributed by atoms with Gasteiger partial charge in [-0.15, -0.1) is 11.6 Å². The lowest BCUT2D eigenvalue weighted by Crippen LogP contribution is -2.48. The monoisotopic (exact) mass is 234 g/mol. The van der Waals surface area contributed by atoms with Crippen molar-refractivity contribution in [1.82, 2.24) is 4.90 Å². The summed E-state index contributed by atoms with van der Waals surface area (Å²) in [5.41, 5.74) is 5.28. The molecule has 1 aliphatic heterocycles. The lowest BCUT2D eigenvalue weighted by Gasteiger charge is -2.37. The second-order valence-electron chi connectivity index (χ2n) is 4.29. The number of hydrogen-bond donors (Lipinski definition) is 2. The Morgan fingerprint density at radius 1 is 1.67 bits per heavy atom. The number of likely N-dealkylation sites (tertiary alicyclic amines) is 1. The Kier molecular flexibility index (Phi) is 4.83. The van der Waals surface area contributed by atoms with E-state index in [1.165, 1.54) is 0 Å². The highest BCUT2D eigenvalue weighted by Gasteiger charge is 2.29. The third-order valence-electron chi connectivity index (χ3n) is 3.04. The molecule has 4 nitrogen and oxygen atoms in total. The van der Waals surface area contributed by atoms with Crippen LogP contribution < -0.4 is 5.73 Å². The molecule has 0 saturated carbocycles. The lowest BCUT2D eigenvalue weighted by molar-refractivity contribution is -0.124. The zero-order valence-electron chi connectivity index (χ0n) is 9.03. The van der Waals surface area contributed by atoms with E-state index in [0.717, 1.165) is 12.8 Å². The summed E-state index contributed by atoms with van der Waals surface area (Å²) in [6, 6.07) is 0.387. The molecule has 1 rings (SSSR count). The third kappa shape index (κ3) is 3.63. The number of carbonyl (C=O) groups excluding carboxylic acids is 1. The number of primary amides is 1. The van der Waals surface area contributed by atoms with Crippen LogP contribution in [-0.4, -0.2) is 47.0 Å². The van der Waals surface area contributed by atoms with Crippen LogP contribution in [-0.2, 0) is 4.79 Å². The number of amides is 1. The number of rotatable bonds is 4. The Hall–Kier alpha value is -0.320. The van der Waals surface area contributed by atoms with Gasteiger partial charge in [0, 0.05) is 25.0 Å². The van der Waals surface area contributed by atoms with Gasteiger partial charge >= 0.3 is 0 Å². The maximum Gasteiger partial charge on any atom is 0.221 e. The number of alkyl halides is 1. The van der Waals surface area contributed by atoms with Crippen molar-refractivity contribution in [3.05, 3.63) is 0 Å². The maximum atomic E-state index is 11.1. The average Bonchev–Trinajstić information content (AvgIpc) is 2.20. The Morgan fingerprint density at radius 3 is 2.87 bits per heavy atom. The summed E-state index contributed by atoms with van der Waals surface area (Å²) in [4.78, 5) is 13.2. The van der Waals surface area contributed by atoms with Crippen LogP contribution in [0.15, 0.2) is 0 Å². The Labute approximate surface area is 95.4 Å². The fraction of sp³-hybridized carbons (Fsp3) is 0.900. The second kappa shape index (κ2) is 5.68. The molecule has 3 unspecified atom stereocenters. The number of carbonyl (C=O) groups is 1. The van der Waals surface area contributed by atoms with E-state index in [2.05, 4.69) is 11.8 Å². The molecule has 1 heterocycles. The predicted octanol–water partition coefficient (Wildman–Crippen LogP) is 0.172. The summed E-state index contributed by atoms with van der Waals surface area (Å²) in [6.45, 7) is 3.26. The number of hydrogen-bond acceptors (Lipinski definition) is 3. The highest BCUT2D eigenvalue weighted by Crippen LogP contribution is 2.21. The molecule has 1 amide bonds. The van der Waals surface area contributed by atoms with E-state index in [1.807, 2.05) is 0 Å². The van der Waals surface area contributed by atoms with Crippen molar-refractivity contribution < 1.29 is 9.90 Å². The van der Waals surface area contributed by atoms with Gasteiger partial charge in [0.05, 0.1) is 12.0 Å². The van der Waals surface area contributed by atoms with Crippen molar-refractivity contribution >= 4 is 17.5 Å². The minimum atomic E-state index is -0.527. The Balaban J connectivity index is 2.49. The van der Waals surface area contributed by atoms with Gasteiger partial charge in [-0.05, 0) is 19.8 Å². The topological polar surface area (TPSA) is 66.6 Å². The molecule has 1 saturated heterocycles. The molecule has 0 bridgehead atoms. The van der Waals surface area contributed by atoms with Crippen molar-refractivity contribution in [2.24, 2.45) is 11.7 Å². The molecule has 1 aliphatic rings. The van der Waals surface area contributed by atoms with E-state index < -0.39 is 6.10 Å². The van der Waals surface area contributed by atoms with Crippen LogP contribution in [0.2, 0.25) is 0 Å². The first-order valence-electron chi connectivity index (χ1n) is 5.32. The number of aliphatic hydroxyl groups is 1. The van der Waals surface area contributed by atoms with Crippen molar-refractivity contribution in [1.29, 1.82) is 0 Å². The van der Waals surface area contributed by atoms with Gasteiger partial charge in [0.1, 0.15) is 0 Å². The lowest BCUT2D eigenvalue weighted by atomic mass is 9.93. The molecule has 0 spiro atoms. The summed E-state index contributed by atoms with van der Waals surface area (Å²) >= 11 is 5.55. The van der Waals surface area contributed by atoms with Crippen molar-refractivity contribution in [2.75, 3.05) is 19.0 Å². The third-order valence-corrected chi connectivity index (χ3v) is 3.39. The average molecular weight is 235 g/mol. The molecule has 1 fully saturated rings. The number of halogens is 1. The van der Waals surface area contributed by atoms with Gasteiger partial charge in [-0.1, -0.05) is 0 Å². The summed E-state index contributed by atoms with van der Waals surface area (Å²) in [5.74, 6) is -0.0965. The second-order valence-corrected chi connectivity index (χ2v) is 4.60. The molecule has 0 aromatic heterocycles. The van der Waals surface area contributed by atoms with Gasteiger partial charge in [-0.3, -0.25) is 9.69 Å².